The molecule has 0 saturated carbocycles. The van der Waals surface area contributed by atoms with E-state index in [2.05, 4.69) is 33.8 Å². The van der Waals surface area contributed by atoms with Gasteiger partial charge in [-0.2, -0.15) is 9.97 Å². The number of rotatable bonds is 5. The van der Waals surface area contributed by atoms with E-state index in [9.17, 15) is 0 Å². The highest BCUT2D eigenvalue weighted by atomic mass is 16.5. The fourth-order valence-electron chi connectivity index (χ4n) is 1.72. The highest BCUT2D eigenvalue weighted by molar-refractivity contribution is 5.76. The molecule has 2 aromatic rings. The van der Waals surface area contributed by atoms with Crippen LogP contribution in [-0.4, -0.2) is 26.5 Å². The molecule has 6 nitrogen and oxygen atoms in total. The van der Waals surface area contributed by atoms with E-state index in [1.807, 2.05) is 0 Å². The number of anilines is 1. The first-order valence-corrected chi connectivity index (χ1v) is 5.80. The molecule has 0 fully saturated rings. The predicted octanol–water partition coefficient (Wildman–Crippen LogP) is 1.75. The van der Waals surface area contributed by atoms with Crippen molar-refractivity contribution < 1.29 is 4.74 Å². The van der Waals surface area contributed by atoms with E-state index in [0.717, 1.165) is 12.8 Å². The molecule has 0 spiro atoms. The van der Waals surface area contributed by atoms with Crippen LogP contribution in [0, 0.1) is 5.92 Å². The van der Waals surface area contributed by atoms with Crippen LogP contribution in [0.2, 0.25) is 0 Å². The van der Waals surface area contributed by atoms with E-state index in [0.29, 0.717) is 29.6 Å². The molecule has 0 bridgehead atoms. The largest absolute Gasteiger partial charge is 0.476 e. The topological polar surface area (TPSA) is 89.7 Å². The van der Waals surface area contributed by atoms with Crippen molar-refractivity contribution in [1.82, 2.24) is 19.9 Å². The maximum absolute atomic E-state index is 5.67. The number of aromatic nitrogens is 4. The highest BCUT2D eigenvalue weighted by Crippen LogP contribution is 2.20. The molecule has 0 aliphatic rings. The summed E-state index contributed by atoms with van der Waals surface area (Å²) in [5.41, 5.74) is 6.83. The van der Waals surface area contributed by atoms with Crippen molar-refractivity contribution in [3.63, 3.8) is 0 Å². The average Bonchev–Trinajstić information content (AvgIpc) is 2.74. The maximum atomic E-state index is 5.67. The van der Waals surface area contributed by atoms with Gasteiger partial charge in [-0.1, -0.05) is 20.3 Å². The number of nitrogens with zero attached hydrogens (tertiary/aromatic N) is 3. The third-order valence-electron chi connectivity index (χ3n) is 2.56. The minimum Gasteiger partial charge on any atom is -0.476 e. The number of imidazole rings is 1. The van der Waals surface area contributed by atoms with Crippen LogP contribution in [0.1, 0.15) is 26.7 Å². The highest BCUT2D eigenvalue weighted by Gasteiger charge is 2.11. The number of hydrogen-bond acceptors (Lipinski definition) is 5. The molecule has 0 aliphatic carbocycles. The summed E-state index contributed by atoms with van der Waals surface area (Å²) in [5.74, 6) is 1.16. The van der Waals surface area contributed by atoms with Crippen molar-refractivity contribution in [1.29, 1.82) is 0 Å². The van der Waals surface area contributed by atoms with Crippen LogP contribution in [0.25, 0.3) is 11.2 Å². The summed E-state index contributed by atoms with van der Waals surface area (Å²) < 4.78 is 5.67. The van der Waals surface area contributed by atoms with Gasteiger partial charge in [-0.3, -0.25) is 0 Å². The molecule has 2 heterocycles. The van der Waals surface area contributed by atoms with Gasteiger partial charge in [0, 0.05) is 0 Å². The van der Waals surface area contributed by atoms with Gasteiger partial charge in [0.25, 0.3) is 0 Å². The number of aromatic amines is 1. The molecule has 2 rings (SSSR count). The summed E-state index contributed by atoms with van der Waals surface area (Å²) >= 11 is 0. The smallest absolute Gasteiger partial charge is 0.245 e. The minimum atomic E-state index is 0.183. The number of hydrogen-bond donors (Lipinski definition) is 2. The Morgan fingerprint density at radius 1 is 1.47 bits per heavy atom. The lowest BCUT2D eigenvalue weighted by molar-refractivity contribution is 0.245. The number of nitrogens with one attached hydrogen (secondary N) is 1. The van der Waals surface area contributed by atoms with Gasteiger partial charge >= 0.3 is 0 Å². The van der Waals surface area contributed by atoms with Gasteiger partial charge in [-0.25, -0.2) is 4.98 Å². The van der Waals surface area contributed by atoms with Crippen molar-refractivity contribution in [2.24, 2.45) is 5.92 Å². The number of H-pyrrole nitrogens is 1. The van der Waals surface area contributed by atoms with Crippen LogP contribution in [0.5, 0.6) is 5.88 Å². The summed E-state index contributed by atoms with van der Waals surface area (Å²) in [4.78, 5) is 15.1. The Balaban J connectivity index is 2.14. The minimum absolute atomic E-state index is 0.183. The van der Waals surface area contributed by atoms with Gasteiger partial charge in [0.15, 0.2) is 5.65 Å². The Hall–Kier alpha value is -1.85. The Morgan fingerprint density at radius 3 is 3.06 bits per heavy atom. The Kier molecular flexibility index (Phi) is 3.41. The lowest BCUT2D eigenvalue weighted by Crippen LogP contribution is -2.10. The van der Waals surface area contributed by atoms with Crippen LogP contribution in [0.3, 0.4) is 0 Å². The molecule has 6 heteroatoms. The van der Waals surface area contributed by atoms with E-state index in [4.69, 9.17) is 10.5 Å². The average molecular weight is 235 g/mol. The molecule has 0 amide bonds. The van der Waals surface area contributed by atoms with E-state index in [1.165, 1.54) is 0 Å². The van der Waals surface area contributed by atoms with E-state index < -0.39 is 0 Å². The standard InChI is InChI=1S/C11H17N5O/c1-3-4-7(2)5-17-10-8-9(14-6-13-8)15-11(12)16-10/h6-7H,3-5H2,1-2H3,(H3,12,13,14,15,16). The quantitative estimate of drug-likeness (QED) is 0.824. The molecule has 0 saturated heterocycles. The Bertz CT molecular complexity index is 496. The van der Waals surface area contributed by atoms with E-state index in [-0.39, 0.29) is 5.95 Å². The summed E-state index contributed by atoms with van der Waals surface area (Å²) in [5, 5.41) is 0. The summed E-state index contributed by atoms with van der Waals surface area (Å²) in [6.07, 6.45) is 3.84. The van der Waals surface area contributed by atoms with Gasteiger partial charge in [0.1, 0.15) is 5.52 Å². The molecule has 0 aliphatic heterocycles. The fraction of sp³-hybridized carbons (Fsp3) is 0.545. The van der Waals surface area contributed by atoms with Crippen LogP contribution in [-0.2, 0) is 0 Å². The Labute approximate surface area is 99.6 Å². The van der Waals surface area contributed by atoms with Gasteiger partial charge in [-0.15, -0.1) is 0 Å². The van der Waals surface area contributed by atoms with Gasteiger partial charge in [-0.05, 0) is 12.3 Å². The lowest BCUT2D eigenvalue weighted by Gasteiger charge is -2.11. The molecule has 2 aromatic heterocycles. The molecule has 3 N–H and O–H groups in total. The van der Waals surface area contributed by atoms with Crippen LogP contribution in [0.15, 0.2) is 6.33 Å². The van der Waals surface area contributed by atoms with Gasteiger partial charge in [0.05, 0.1) is 12.9 Å². The first kappa shape index (κ1) is 11.6. The molecule has 1 atom stereocenters. The van der Waals surface area contributed by atoms with E-state index in [1.54, 1.807) is 6.33 Å². The zero-order valence-electron chi connectivity index (χ0n) is 10.1. The van der Waals surface area contributed by atoms with Crippen molar-refractivity contribution in [3.8, 4) is 5.88 Å². The number of ether oxygens (including phenoxy) is 1. The fourth-order valence-corrected chi connectivity index (χ4v) is 1.72. The third kappa shape index (κ3) is 2.64. The summed E-state index contributed by atoms with van der Waals surface area (Å²) in [6, 6.07) is 0. The van der Waals surface area contributed by atoms with Crippen LogP contribution < -0.4 is 10.5 Å². The summed E-state index contributed by atoms with van der Waals surface area (Å²) in [6.45, 7) is 4.93. The lowest BCUT2D eigenvalue weighted by atomic mass is 10.1. The molecule has 92 valence electrons. The zero-order valence-corrected chi connectivity index (χ0v) is 10.1. The SMILES string of the molecule is CCCC(C)COc1nc(N)nc2nc[nH]c12. The van der Waals surface area contributed by atoms with Gasteiger partial charge < -0.3 is 15.5 Å². The van der Waals surface area contributed by atoms with Crippen LogP contribution in [0.4, 0.5) is 5.95 Å². The zero-order chi connectivity index (χ0) is 12.3. The molecule has 17 heavy (non-hydrogen) atoms. The number of fused-ring (bicyclic) bond motifs is 1. The van der Waals surface area contributed by atoms with Crippen molar-refractivity contribution in [3.05, 3.63) is 6.33 Å². The second kappa shape index (κ2) is 4.99. The third-order valence-corrected chi connectivity index (χ3v) is 2.56. The second-order valence-electron chi connectivity index (χ2n) is 4.19. The molecule has 0 radical (unpaired) electrons. The number of nitrogens with two attached hydrogens (primary N) is 1. The van der Waals surface area contributed by atoms with Crippen molar-refractivity contribution in [2.75, 3.05) is 12.3 Å². The Morgan fingerprint density at radius 2 is 2.29 bits per heavy atom. The van der Waals surface area contributed by atoms with Gasteiger partial charge in [0.2, 0.25) is 11.8 Å². The molecule has 0 aromatic carbocycles. The van der Waals surface area contributed by atoms with Crippen molar-refractivity contribution >= 4 is 17.1 Å². The van der Waals surface area contributed by atoms with Crippen molar-refractivity contribution in [2.45, 2.75) is 26.7 Å². The predicted molar refractivity (Wildman–Crippen MR) is 65.7 cm³/mol. The normalized spacial score (nSPS) is 12.8. The second-order valence-corrected chi connectivity index (χ2v) is 4.19. The van der Waals surface area contributed by atoms with Crippen LogP contribution >= 0.6 is 0 Å². The first-order valence-electron chi connectivity index (χ1n) is 5.80. The summed E-state index contributed by atoms with van der Waals surface area (Å²) in [7, 11) is 0. The molecular formula is C11H17N5O. The monoisotopic (exact) mass is 235 g/mol. The molecular weight excluding hydrogens is 218 g/mol. The number of nitrogen functional groups attached to an aromatic ring is 1. The molecule has 1 unspecified atom stereocenters. The van der Waals surface area contributed by atoms with E-state index >= 15 is 0 Å². The maximum Gasteiger partial charge on any atom is 0.245 e. The first-order chi connectivity index (χ1) is 8.20.